The molecule has 136 valence electrons. The zero-order chi connectivity index (χ0) is 19.1. The second kappa shape index (κ2) is 9.15. The Morgan fingerprint density at radius 1 is 1.27 bits per heavy atom. The summed E-state index contributed by atoms with van der Waals surface area (Å²) in [6, 6.07) is 12.3. The van der Waals surface area contributed by atoms with Crippen molar-refractivity contribution in [3.05, 3.63) is 76.1 Å². The van der Waals surface area contributed by atoms with Crippen LogP contribution in [0.4, 0.5) is 4.39 Å². The van der Waals surface area contributed by atoms with Crippen molar-refractivity contribution in [2.45, 2.75) is 19.9 Å². The molecule has 26 heavy (non-hydrogen) atoms. The van der Waals surface area contributed by atoms with Crippen molar-refractivity contribution >= 4 is 29.5 Å². The summed E-state index contributed by atoms with van der Waals surface area (Å²) < 4.78 is 13.0. The fraction of sp³-hybridized carbons (Fsp3) is 0.200. The van der Waals surface area contributed by atoms with E-state index in [0.29, 0.717) is 17.1 Å². The molecule has 0 saturated heterocycles. The SMILES string of the molecule is CCNC(=O)/C(C=NC(C)c1ccc(F)cc1)=C(/O)c1ccccc1Cl. The quantitative estimate of drug-likeness (QED) is 0.436. The van der Waals surface area contributed by atoms with Gasteiger partial charge in [0.25, 0.3) is 5.91 Å². The first-order valence-electron chi connectivity index (χ1n) is 8.19. The third kappa shape index (κ3) is 4.92. The number of halogens is 2. The van der Waals surface area contributed by atoms with Gasteiger partial charge in [0, 0.05) is 18.3 Å². The molecule has 1 atom stereocenters. The Kier molecular flexibility index (Phi) is 6.92. The van der Waals surface area contributed by atoms with Crippen molar-refractivity contribution in [2.24, 2.45) is 4.99 Å². The number of aliphatic hydroxyl groups excluding tert-OH is 1. The molecule has 0 bridgehead atoms. The summed E-state index contributed by atoms with van der Waals surface area (Å²) in [6.07, 6.45) is 1.32. The van der Waals surface area contributed by atoms with Crippen molar-refractivity contribution in [1.29, 1.82) is 0 Å². The Bertz CT molecular complexity index is 832. The highest BCUT2D eigenvalue weighted by atomic mass is 35.5. The number of benzene rings is 2. The fourth-order valence-corrected chi connectivity index (χ4v) is 2.52. The van der Waals surface area contributed by atoms with Crippen molar-refractivity contribution in [3.8, 4) is 0 Å². The lowest BCUT2D eigenvalue weighted by Gasteiger charge is -2.10. The highest BCUT2D eigenvalue weighted by Gasteiger charge is 2.16. The molecule has 2 rings (SSSR count). The molecule has 0 saturated carbocycles. The third-order valence-electron chi connectivity index (χ3n) is 3.75. The molecule has 1 amide bonds. The number of hydrogen-bond donors (Lipinski definition) is 2. The molecule has 2 N–H and O–H groups in total. The molecule has 1 unspecified atom stereocenters. The molecule has 2 aromatic carbocycles. The number of carbonyl (C=O) groups is 1. The van der Waals surface area contributed by atoms with Crippen LogP contribution in [0.5, 0.6) is 0 Å². The van der Waals surface area contributed by atoms with Crippen LogP contribution in [0.2, 0.25) is 5.02 Å². The molecule has 0 aliphatic carbocycles. The minimum Gasteiger partial charge on any atom is -0.506 e. The van der Waals surface area contributed by atoms with Gasteiger partial charge in [-0.2, -0.15) is 0 Å². The van der Waals surface area contributed by atoms with E-state index in [1.807, 2.05) is 6.92 Å². The van der Waals surface area contributed by atoms with Gasteiger partial charge >= 0.3 is 0 Å². The van der Waals surface area contributed by atoms with Gasteiger partial charge < -0.3 is 10.4 Å². The van der Waals surface area contributed by atoms with Crippen LogP contribution in [-0.2, 0) is 4.79 Å². The number of likely N-dealkylation sites (N-methyl/N-ethyl adjacent to an activating group) is 1. The first-order chi connectivity index (χ1) is 12.4. The summed E-state index contributed by atoms with van der Waals surface area (Å²) in [6.45, 7) is 3.99. The number of nitrogens with zero attached hydrogens (tertiary/aromatic N) is 1. The average Bonchev–Trinajstić information content (AvgIpc) is 2.62. The van der Waals surface area contributed by atoms with Crippen LogP contribution in [0.3, 0.4) is 0 Å². The summed E-state index contributed by atoms with van der Waals surface area (Å²) in [5.41, 5.74) is 1.14. The highest BCUT2D eigenvalue weighted by molar-refractivity contribution is 6.32. The van der Waals surface area contributed by atoms with E-state index in [2.05, 4.69) is 10.3 Å². The van der Waals surface area contributed by atoms with Gasteiger partial charge in [-0.3, -0.25) is 9.79 Å². The van der Waals surface area contributed by atoms with Gasteiger partial charge in [0.15, 0.2) is 0 Å². The topological polar surface area (TPSA) is 61.7 Å². The summed E-state index contributed by atoms with van der Waals surface area (Å²) in [7, 11) is 0. The maximum atomic E-state index is 13.0. The van der Waals surface area contributed by atoms with Gasteiger partial charge in [0.2, 0.25) is 0 Å². The van der Waals surface area contributed by atoms with Crippen LogP contribution in [0.25, 0.3) is 5.76 Å². The molecule has 0 aliphatic rings. The van der Waals surface area contributed by atoms with Crippen molar-refractivity contribution in [3.63, 3.8) is 0 Å². The lowest BCUT2D eigenvalue weighted by molar-refractivity contribution is -0.116. The Hall–Kier alpha value is -2.66. The minimum atomic E-state index is -0.458. The van der Waals surface area contributed by atoms with E-state index < -0.39 is 5.91 Å². The van der Waals surface area contributed by atoms with Gasteiger partial charge in [0.1, 0.15) is 11.6 Å². The number of hydrogen-bond acceptors (Lipinski definition) is 3. The van der Waals surface area contributed by atoms with E-state index in [0.717, 1.165) is 5.56 Å². The lowest BCUT2D eigenvalue weighted by atomic mass is 10.1. The molecule has 0 fully saturated rings. The molecule has 0 spiro atoms. The first-order valence-corrected chi connectivity index (χ1v) is 8.56. The number of rotatable bonds is 6. The summed E-state index contributed by atoms with van der Waals surface area (Å²) in [5.74, 6) is -1.04. The molecule has 4 nitrogen and oxygen atoms in total. The standard InChI is InChI=1S/C20H20ClFN2O2/c1-3-23-20(26)17(19(25)16-6-4-5-7-18(16)21)12-24-13(2)14-8-10-15(22)11-9-14/h4-13,25H,3H2,1-2H3,(H,23,26)/b19-17+,24-12?. The number of nitrogens with one attached hydrogen (secondary N) is 1. The third-order valence-corrected chi connectivity index (χ3v) is 4.08. The predicted molar refractivity (Wildman–Crippen MR) is 103 cm³/mol. The largest absolute Gasteiger partial charge is 0.506 e. The Morgan fingerprint density at radius 2 is 1.92 bits per heavy atom. The monoisotopic (exact) mass is 374 g/mol. The van der Waals surface area contributed by atoms with Crippen LogP contribution in [0.15, 0.2) is 59.1 Å². The molecule has 0 radical (unpaired) electrons. The zero-order valence-corrected chi connectivity index (χ0v) is 15.3. The van der Waals surface area contributed by atoms with Crippen LogP contribution in [0.1, 0.15) is 31.0 Å². The van der Waals surface area contributed by atoms with Gasteiger partial charge in [0.05, 0.1) is 16.6 Å². The normalized spacial score (nSPS) is 13.4. The average molecular weight is 375 g/mol. The van der Waals surface area contributed by atoms with Gasteiger partial charge in [-0.25, -0.2) is 4.39 Å². The number of amides is 1. The maximum absolute atomic E-state index is 13.0. The van der Waals surface area contributed by atoms with E-state index in [-0.39, 0.29) is 23.2 Å². The molecule has 0 aliphatic heterocycles. The van der Waals surface area contributed by atoms with Gasteiger partial charge in [-0.15, -0.1) is 0 Å². The lowest BCUT2D eigenvalue weighted by Crippen LogP contribution is -2.26. The van der Waals surface area contributed by atoms with Crippen molar-refractivity contribution in [2.75, 3.05) is 6.54 Å². The second-order valence-corrected chi connectivity index (χ2v) is 6.01. The molecule has 0 aromatic heterocycles. The number of aliphatic hydroxyl groups is 1. The summed E-state index contributed by atoms with van der Waals surface area (Å²) in [4.78, 5) is 16.7. The van der Waals surface area contributed by atoms with Crippen LogP contribution in [0, 0.1) is 5.82 Å². The second-order valence-electron chi connectivity index (χ2n) is 5.61. The predicted octanol–water partition coefficient (Wildman–Crippen LogP) is 4.72. The minimum absolute atomic E-state index is 0.00825. The van der Waals surface area contributed by atoms with Gasteiger partial charge in [-0.05, 0) is 43.7 Å². The fourth-order valence-electron chi connectivity index (χ4n) is 2.30. The first kappa shape index (κ1) is 19.7. The Morgan fingerprint density at radius 3 is 2.54 bits per heavy atom. The zero-order valence-electron chi connectivity index (χ0n) is 14.5. The van der Waals surface area contributed by atoms with Crippen LogP contribution >= 0.6 is 11.6 Å². The van der Waals surface area contributed by atoms with E-state index in [1.165, 1.54) is 18.3 Å². The number of carbonyl (C=O) groups excluding carboxylic acids is 1. The maximum Gasteiger partial charge on any atom is 0.256 e. The molecule has 6 heteroatoms. The Labute approximate surface area is 157 Å². The van der Waals surface area contributed by atoms with E-state index in [1.54, 1.807) is 43.3 Å². The molecular weight excluding hydrogens is 355 g/mol. The van der Waals surface area contributed by atoms with Crippen molar-refractivity contribution < 1.29 is 14.3 Å². The Balaban J connectivity index is 2.39. The van der Waals surface area contributed by atoms with Crippen molar-refractivity contribution in [1.82, 2.24) is 5.32 Å². The number of aliphatic imine (C=N–C) groups is 1. The van der Waals surface area contributed by atoms with Crippen LogP contribution in [-0.4, -0.2) is 23.8 Å². The van der Waals surface area contributed by atoms with E-state index in [9.17, 15) is 14.3 Å². The summed E-state index contributed by atoms with van der Waals surface area (Å²) >= 11 is 6.11. The highest BCUT2D eigenvalue weighted by Crippen LogP contribution is 2.24. The molecule has 0 heterocycles. The summed E-state index contributed by atoms with van der Waals surface area (Å²) in [5, 5.41) is 13.5. The van der Waals surface area contributed by atoms with Gasteiger partial charge in [-0.1, -0.05) is 35.9 Å². The molecular formula is C20H20ClFN2O2. The van der Waals surface area contributed by atoms with E-state index in [4.69, 9.17) is 11.6 Å². The smallest absolute Gasteiger partial charge is 0.256 e. The van der Waals surface area contributed by atoms with Crippen LogP contribution < -0.4 is 5.32 Å². The van der Waals surface area contributed by atoms with E-state index >= 15 is 0 Å². The molecule has 2 aromatic rings.